The van der Waals surface area contributed by atoms with Crippen molar-refractivity contribution in [2.45, 2.75) is 51.4 Å². The Bertz CT molecular complexity index is 1630. The molecule has 3 heterocycles. The molecule has 1 aliphatic heterocycles. The number of imidazole rings is 2. The quantitative estimate of drug-likeness (QED) is 0.103. The van der Waals surface area contributed by atoms with Crippen LogP contribution in [0, 0.1) is 0 Å². The van der Waals surface area contributed by atoms with Gasteiger partial charge in [-0.2, -0.15) is 0 Å². The van der Waals surface area contributed by atoms with Crippen LogP contribution < -0.4 is 9.64 Å². The smallest absolute Gasteiger partial charge is 0.138 e. The highest BCUT2D eigenvalue weighted by atomic mass is 16.5. The summed E-state index contributed by atoms with van der Waals surface area (Å²) in [4.78, 5) is 21.6. The van der Waals surface area contributed by atoms with E-state index in [1.165, 1.54) is 44.2 Å². The number of piperazine rings is 1. The van der Waals surface area contributed by atoms with Crippen molar-refractivity contribution < 1.29 is 4.74 Å². The van der Waals surface area contributed by atoms with Gasteiger partial charge in [-0.3, -0.25) is 0 Å². The van der Waals surface area contributed by atoms with Gasteiger partial charge < -0.3 is 24.5 Å². The van der Waals surface area contributed by atoms with Gasteiger partial charge in [0.2, 0.25) is 0 Å². The molecule has 1 saturated heterocycles. The van der Waals surface area contributed by atoms with E-state index in [9.17, 15) is 0 Å². The van der Waals surface area contributed by atoms with Crippen molar-refractivity contribution in [3.05, 3.63) is 73.3 Å². The van der Waals surface area contributed by atoms with Gasteiger partial charge >= 0.3 is 0 Å². The number of hydrogen-bond acceptors (Lipinski definition) is 5. The standard InChI is InChI=1S/C36H44N6O/c1-3-4-5-6-7-8-9-10-11-24-43-30-16-12-27(13-17-30)35-37-31-18-14-28(25-33(31)39-35)36-38-32-19-15-29(26-34(32)40-36)42-22-20-41(2)21-23-42/h3,12-19,25-26H,1,4-11,20-24H2,2H3,(H,37,39)(H,38,40). The van der Waals surface area contributed by atoms with E-state index in [1.54, 1.807) is 0 Å². The lowest BCUT2D eigenvalue weighted by atomic mass is 10.1. The maximum Gasteiger partial charge on any atom is 0.138 e. The maximum atomic E-state index is 5.99. The Morgan fingerprint density at radius 2 is 1.33 bits per heavy atom. The summed E-state index contributed by atoms with van der Waals surface area (Å²) in [6, 6.07) is 21.1. The minimum atomic E-state index is 0.766. The third-order valence-corrected chi connectivity index (χ3v) is 8.54. The van der Waals surface area contributed by atoms with Gasteiger partial charge in [-0.1, -0.05) is 38.2 Å². The van der Waals surface area contributed by atoms with Crippen LogP contribution in [0.2, 0.25) is 0 Å². The first-order chi connectivity index (χ1) is 21.2. The second-order valence-corrected chi connectivity index (χ2v) is 11.8. The van der Waals surface area contributed by atoms with E-state index >= 15 is 0 Å². The SMILES string of the molecule is C=CCCCCCCCCCOc1ccc(-c2nc3ccc(-c4nc5ccc(N6CCN(C)CC6)cc5[nH]4)cc3[nH]2)cc1. The van der Waals surface area contributed by atoms with E-state index in [0.717, 1.165) is 96.2 Å². The molecule has 0 spiro atoms. The fraction of sp³-hybridized carbons (Fsp3) is 0.389. The predicted molar refractivity (Wildman–Crippen MR) is 179 cm³/mol. The van der Waals surface area contributed by atoms with Crippen molar-refractivity contribution in [2.24, 2.45) is 0 Å². The molecule has 1 aliphatic rings. The van der Waals surface area contributed by atoms with Gasteiger partial charge in [0.25, 0.3) is 0 Å². The minimum Gasteiger partial charge on any atom is -0.494 e. The van der Waals surface area contributed by atoms with Crippen LogP contribution in [-0.2, 0) is 0 Å². The van der Waals surface area contributed by atoms with Gasteiger partial charge in [0.05, 0.1) is 28.7 Å². The molecule has 3 aromatic carbocycles. The van der Waals surface area contributed by atoms with Gasteiger partial charge in [-0.15, -0.1) is 6.58 Å². The van der Waals surface area contributed by atoms with Crippen molar-refractivity contribution in [2.75, 3.05) is 44.7 Å². The molecular weight excluding hydrogens is 532 g/mol. The zero-order valence-corrected chi connectivity index (χ0v) is 25.4. The summed E-state index contributed by atoms with van der Waals surface area (Å²) in [7, 11) is 2.19. The molecule has 0 aliphatic carbocycles. The largest absolute Gasteiger partial charge is 0.494 e. The fourth-order valence-corrected chi connectivity index (χ4v) is 5.86. The monoisotopic (exact) mass is 576 g/mol. The number of nitrogens with one attached hydrogen (secondary N) is 2. The molecule has 0 radical (unpaired) electrons. The molecule has 0 atom stereocenters. The summed E-state index contributed by atoms with van der Waals surface area (Å²) in [5.74, 6) is 2.63. The molecular formula is C36H44N6O. The zero-order valence-electron chi connectivity index (χ0n) is 25.4. The van der Waals surface area contributed by atoms with Crippen LogP contribution >= 0.6 is 0 Å². The average molecular weight is 577 g/mol. The molecule has 0 amide bonds. The van der Waals surface area contributed by atoms with Crippen molar-refractivity contribution in [3.63, 3.8) is 0 Å². The summed E-state index contributed by atoms with van der Waals surface area (Å²) in [6.45, 7) is 8.84. The zero-order chi connectivity index (χ0) is 29.4. The Morgan fingerprint density at radius 1 is 0.721 bits per heavy atom. The Balaban J connectivity index is 1.04. The number of H-pyrrole nitrogens is 2. The molecule has 7 heteroatoms. The molecule has 43 heavy (non-hydrogen) atoms. The topological polar surface area (TPSA) is 73.1 Å². The second-order valence-electron chi connectivity index (χ2n) is 11.8. The van der Waals surface area contributed by atoms with Crippen molar-refractivity contribution in [1.82, 2.24) is 24.8 Å². The van der Waals surface area contributed by atoms with Crippen molar-refractivity contribution in [1.29, 1.82) is 0 Å². The number of nitrogens with zero attached hydrogens (tertiary/aromatic N) is 4. The number of rotatable bonds is 14. The Kier molecular flexibility index (Phi) is 9.38. The molecule has 6 rings (SSSR count). The molecule has 7 nitrogen and oxygen atoms in total. The first-order valence-electron chi connectivity index (χ1n) is 15.9. The second kappa shape index (κ2) is 13.9. The first-order valence-corrected chi connectivity index (χ1v) is 15.9. The lowest BCUT2D eigenvalue weighted by molar-refractivity contribution is 0.304. The molecule has 0 bridgehead atoms. The van der Waals surface area contributed by atoms with Crippen LogP contribution in [0.5, 0.6) is 5.75 Å². The predicted octanol–water partition coefficient (Wildman–Crippen LogP) is 8.21. The summed E-state index contributed by atoms with van der Waals surface area (Å²) in [5, 5.41) is 0. The summed E-state index contributed by atoms with van der Waals surface area (Å²) < 4.78 is 5.99. The molecule has 0 unspecified atom stereocenters. The van der Waals surface area contributed by atoms with Crippen LogP contribution in [0.4, 0.5) is 5.69 Å². The number of fused-ring (bicyclic) bond motifs is 2. The number of allylic oxidation sites excluding steroid dienone is 1. The number of aromatic amines is 2. The number of benzene rings is 3. The average Bonchev–Trinajstić information content (AvgIpc) is 3.66. The van der Waals surface area contributed by atoms with Crippen LogP contribution in [0.3, 0.4) is 0 Å². The lowest BCUT2D eigenvalue weighted by Crippen LogP contribution is -2.44. The summed E-state index contributed by atoms with van der Waals surface area (Å²) in [5.41, 5.74) is 7.31. The van der Waals surface area contributed by atoms with E-state index in [0.29, 0.717) is 0 Å². The minimum absolute atomic E-state index is 0.766. The van der Waals surface area contributed by atoms with E-state index in [1.807, 2.05) is 18.2 Å². The van der Waals surface area contributed by atoms with E-state index in [4.69, 9.17) is 14.7 Å². The molecule has 0 saturated carbocycles. The number of aromatic nitrogens is 4. The van der Waals surface area contributed by atoms with Crippen LogP contribution in [-0.4, -0.2) is 64.7 Å². The normalized spacial score (nSPS) is 14.1. The van der Waals surface area contributed by atoms with Gasteiger partial charge in [-0.05, 0) is 87.0 Å². The summed E-state index contributed by atoms with van der Waals surface area (Å²) >= 11 is 0. The Morgan fingerprint density at radius 3 is 2.05 bits per heavy atom. The first kappa shape index (κ1) is 29.0. The van der Waals surface area contributed by atoms with Gasteiger partial charge in [0, 0.05) is 43.0 Å². The van der Waals surface area contributed by atoms with Gasteiger partial charge in [0.15, 0.2) is 0 Å². The highest BCUT2D eigenvalue weighted by molar-refractivity contribution is 5.87. The highest BCUT2D eigenvalue weighted by Gasteiger charge is 2.16. The van der Waals surface area contributed by atoms with E-state index < -0.39 is 0 Å². The Hall–Kier alpha value is -4.10. The van der Waals surface area contributed by atoms with E-state index in [2.05, 4.69) is 81.9 Å². The maximum absolute atomic E-state index is 5.99. The molecule has 224 valence electrons. The molecule has 2 aromatic heterocycles. The highest BCUT2D eigenvalue weighted by Crippen LogP contribution is 2.29. The third kappa shape index (κ3) is 7.28. The van der Waals surface area contributed by atoms with Crippen molar-refractivity contribution in [3.8, 4) is 28.5 Å². The fourth-order valence-electron chi connectivity index (χ4n) is 5.86. The third-order valence-electron chi connectivity index (χ3n) is 8.54. The number of anilines is 1. The van der Waals surface area contributed by atoms with Crippen LogP contribution in [0.25, 0.3) is 44.8 Å². The van der Waals surface area contributed by atoms with Crippen LogP contribution in [0.15, 0.2) is 73.3 Å². The number of likely N-dealkylation sites (N-methyl/N-ethyl adjacent to an activating group) is 1. The molecule has 2 N–H and O–H groups in total. The van der Waals surface area contributed by atoms with Gasteiger partial charge in [-0.25, -0.2) is 9.97 Å². The number of hydrogen-bond donors (Lipinski definition) is 2. The number of ether oxygens (including phenoxy) is 1. The van der Waals surface area contributed by atoms with Crippen molar-refractivity contribution >= 4 is 27.8 Å². The number of unbranched alkanes of at least 4 members (excludes halogenated alkanes) is 7. The van der Waals surface area contributed by atoms with Crippen LogP contribution in [0.1, 0.15) is 51.4 Å². The molecule has 5 aromatic rings. The Labute approximate surface area is 255 Å². The van der Waals surface area contributed by atoms with E-state index in [-0.39, 0.29) is 0 Å². The van der Waals surface area contributed by atoms with Gasteiger partial charge in [0.1, 0.15) is 17.4 Å². The summed E-state index contributed by atoms with van der Waals surface area (Å²) in [6.07, 6.45) is 12.0. The lowest BCUT2D eigenvalue weighted by Gasteiger charge is -2.34. The molecule has 1 fully saturated rings.